The number of benzene rings is 2. The minimum atomic E-state index is -0.706. The Morgan fingerprint density at radius 2 is 1.86 bits per heavy atom. The molecule has 0 spiro atoms. The second-order valence-corrected chi connectivity index (χ2v) is 6.34. The molecule has 0 bridgehead atoms. The number of carbonyl (C=O) groups is 2. The molecule has 0 aliphatic heterocycles. The van der Waals surface area contributed by atoms with Gasteiger partial charge in [0.15, 0.2) is 11.5 Å². The third-order valence-electron chi connectivity index (χ3n) is 3.78. The van der Waals surface area contributed by atoms with E-state index in [1.807, 2.05) is 13.0 Å². The van der Waals surface area contributed by atoms with Crippen molar-refractivity contribution in [2.24, 2.45) is 0 Å². The van der Waals surface area contributed by atoms with E-state index >= 15 is 0 Å². The molecule has 0 unspecified atom stereocenters. The minimum absolute atomic E-state index is 0.327. The van der Waals surface area contributed by atoms with Crippen LogP contribution in [0.1, 0.15) is 19.4 Å². The number of carbonyl (C=O) groups excluding carboxylic acids is 2. The van der Waals surface area contributed by atoms with Crippen molar-refractivity contribution in [3.05, 3.63) is 59.1 Å². The Balaban J connectivity index is 1.93. The van der Waals surface area contributed by atoms with Gasteiger partial charge < -0.3 is 20.1 Å². The fourth-order valence-corrected chi connectivity index (χ4v) is 2.47. The molecule has 0 saturated heterocycles. The highest BCUT2D eigenvalue weighted by Crippen LogP contribution is 2.28. The van der Waals surface area contributed by atoms with E-state index in [0.29, 0.717) is 28.8 Å². The van der Waals surface area contributed by atoms with E-state index in [2.05, 4.69) is 10.6 Å². The molecule has 2 N–H and O–H groups in total. The van der Waals surface area contributed by atoms with Crippen LogP contribution in [0.3, 0.4) is 0 Å². The Morgan fingerprint density at radius 1 is 1.14 bits per heavy atom. The normalized spacial score (nSPS) is 11.7. The highest BCUT2D eigenvalue weighted by molar-refractivity contribution is 6.30. The highest BCUT2D eigenvalue weighted by atomic mass is 35.5. The van der Waals surface area contributed by atoms with Crippen molar-refractivity contribution in [1.82, 2.24) is 5.32 Å². The van der Waals surface area contributed by atoms with Crippen LogP contribution >= 0.6 is 11.6 Å². The zero-order valence-corrected chi connectivity index (χ0v) is 16.7. The number of nitrogens with one attached hydrogen (secondary N) is 2. The van der Waals surface area contributed by atoms with Crippen molar-refractivity contribution in [1.29, 1.82) is 0 Å². The van der Waals surface area contributed by atoms with Crippen molar-refractivity contribution in [3.8, 4) is 11.5 Å². The summed E-state index contributed by atoms with van der Waals surface area (Å²) in [5.74, 6) is 0.512. The summed E-state index contributed by atoms with van der Waals surface area (Å²) in [6.45, 7) is 4.03. The highest BCUT2D eigenvalue weighted by Gasteiger charge is 2.14. The van der Waals surface area contributed by atoms with Crippen LogP contribution in [0.15, 0.2) is 48.5 Å². The SMILES string of the molecule is CCOc1ccc(/C=C/C(=O)N[C@H](C)C(=O)Nc2ccc(Cl)cc2)cc1OC. The number of amides is 2. The van der Waals surface area contributed by atoms with Crippen LogP contribution in [0.5, 0.6) is 11.5 Å². The fourth-order valence-electron chi connectivity index (χ4n) is 2.35. The first-order valence-corrected chi connectivity index (χ1v) is 9.16. The number of hydrogen-bond acceptors (Lipinski definition) is 4. The average molecular weight is 403 g/mol. The topological polar surface area (TPSA) is 76.7 Å². The molecule has 28 heavy (non-hydrogen) atoms. The Labute approximate surface area is 169 Å². The summed E-state index contributed by atoms with van der Waals surface area (Å²) in [4.78, 5) is 24.3. The smallest absolute Gasteiger partial charge is 0.246 e. The fraction of sp³-hybridized carbons (Fsp3) is 0.238. The second-order valence-electron chi connectivity index (χ2n) is 5.90. The van der Waals surface area contributed by atoms with Gasteiger partial charge in [0.25, 0.3) is 0 Å². The molecule has 2 aromatic rings. The maximum atomic E-state index is 12.2. The van der Waals surface area contributed by atoms with Gasteiger partial charge in [-0.3, -0.25) is 9.59 Å². The number of methoxy groups -OCH3 is 1. The molecule has 2 amide bonds. The number of ether oxygens (including phenoxy) is 2. The number of hydrogen-bond donors (Lipinski definition) is 2. The number of anilines is 1. The summed E-state index contributed by atoms with van der Waals surface area (Å²) in [5, 5.41) is 5.92. The van der Waals surface area contributed by atoms with Gasteiger partial charge in [-0.05, 0) is 61.9 Å². The van der Waals surface area contributed by atoms with Crippen LogP contribution < -0.4 is 20.1 Å². The molecule has 7 heteroatoms. The van der Waals surface area contributed by atoms with E-state index < -0.39 is 6.04 Å². The molecule has 0 aliphatic carbocycles. The molecule has 0 aromatic heterocycles. The minimum Gasteiger partial charge on any atom is -0.493 e. The van der Waals surface area contributed by atoms with E-state index in [1.165, 1.54) is 6.08 Å². The molecule has 1 atom stereocenters. The third-order valence-corrected chi connectivity index (χ3v) is 4.03. The first-order chi connectivity index (χ1) is 13.4. The Kier molecular flexibility index (Phi) is 7.89. The summed E-state index contributed by atoms with van der Waals surface area (Å²) < 4.78 is 10.7. The van der Waals surface area contributed by atoms with Crippen LogP contribution in [0, 0.1) is 0 Å². The van der Waals surface area contributed by atoms with E-state index in [0.717, 1.165) is 5.56 Å². The Hall–Kier alpha value is -2.99. The molecule has 0 fully saturated rings. The largest absolute Gasteiger partial charge is 0.493 e. The molecule has 2 rings (SSSR count). The first kappa shape index (κ1) is 21.3. The zero-order chi connectivity index (χ0) is 20.5. The van der Waals surface area contributed by atoms with Crippen molar-refractivity contribution >= 4 is 35.2 Å². The van der Waals surface area contributed by atoms with Crippen LogP contribution in [-0.2, 0) is 9.59 Å². The molecule has 0 radical (unpaired) electrons. The molecule has 0 saturated carbocycles. The predicted molar refractivity (Wildman–Crippen MR) is 111 cm³/mol. The lowest BCUT2D eigenvalue weighted by atomic mass is 10.2. The molecular formula is C21H23ClN2O4. The van der Waals surface area contributed by atoms with Gasteiger partial charge in [0.2, 0.25) is 11.8 Å². The lowest BCUT2D eigenvalue weighted by molar-refractivity contribution is -0.123. The third kappa shape index (κ3) is 6.32. The second kappa shape index (κ2) is 10.4. The van der Waals surface area contributed by atoms with Crippen LogP contribution in [-0.4, -0.2) is 31.6 Å². The van der Waals surface area contributed by atoms with Gasteiger partial charge in [-0.15, -0.1) is 0 Å². The van der Waals surface area contributed by atoms with Gasteiger partial charge in [0.05, 0.1) is 13.7 Å². The number of rotatable bonds is 8. The quantitative estimate of drug-likeness (QED) is 0.656. The summed E-state index contributed by atoms with van der Waals surface area (Å²) in [6, 6.07) is 11.4. The van der Waals surface area contributed by atoms with Gasteiger partial charge >= 0.3 is 0 Å². The van der Waals surface area contributed by atoms with Crippen molar-refractivity contribution in [2.45, 2.75) is 19.9 Å². The number of halogens is 1. The lowest BCUT2D eigenvalue weighted by Crippen LogP contribution is -2.40. The molecule has 148 valence electrons. The summed E-state index contributed by atoms with van der Waals surface area (Å²) in [5.41, 5.74) is 1.38. The van der Waals surface area contributed by atoms with Crippen LogP contribution in [0.25, 0.3) is 6.08 Å². The van der Waals surface area contributed by atoms with Gasteiger partial charge in [-0.2, -0.15) is 0 Å². The Morgan fingerprint density at radius 3 is 2.50 bits per heavy atom. The lowest BCUT2D eigenvalue weighted by Gasteiger charge is -2.13. The molecule has 0 heterocycles. The average Bonchev–Trinajstić information content (AvgIpc) is 2.69. The monoisotopic (exact) mass is 402 g/mol. The summed E-state index contributed by atoms with van der Waals surface area (Å²) in [6.07, 6.45) is 3.00. The van der Waals surface area contributed by atoms with Gasteiger partial charge in [-0.25, -0.2) is 0 Å². The van der Waals surface area contributed by atoms with Gasteiger partial charge in [-0.1, -0.05) is 17.7 Å². The molecule has 0 aliphatic rings. The molecule has 6 nitrogen and oxygen atoms in total. The van der Waals surface area contributed by atoms with Gasteiger partial charge in [0.1, 0.15) is 6.04 Å². The maximum Gasteiger partial charge on any atom is 0.246 e. The molecular weight excluding hydrogens is 380 g/mol. The predicted octanol–water partition coefficient (Wildman–Crippen LogP) is 3.90. The summed E-state index contributed by atoms with van der Waals surface area (Å²) >= 11 is 5.82. The first-order valence-electron chi connectivity index (χ1n) is 8.78. The Bertz CT molecular complexity index is 850. The summed E-state index contributed by atoms with van der Waals surface area (Å²) in [7, 11) is 1.55. The van der Waals surface area contributed by atoms with E-state index in [1.54, 1.807) is 56.5 Å². The van der Waals surface area contributed by atoms with Crippen molar-refractivity contribution in [3.63, 3.8) is 0 Å². The van der Waals surface area contributed by atoms with Crippen molar-refractivity contribution in [2.75, 3.05) is 19.0 Å². The van der Waals surface area contributed by atoms with E-state index in [4.69, 9.17) is 21.1 Å². The van der Waals surface area contributed by atoms with Crippen LogP contribution in [0.2, 0.25) is 5.02 Å². The maximum absolute atomic E-state index is 12.2. The van der Waals surface area contributed by atoms with E-state index in [9.17, 15) is 9.59 Å². The van der Waals surface area contributed by atoms with E-state index in [-0.39, 0.29) is 11.8 Å². The molecule has 2 aromatic carbocycles. The zero-order valence-electron chi connectivity index (χ0n) is 16.0. The van der Waals surface area contributed by atoms with Gasteiger partial charge in [0, 0.05) is 16.8 Å². The van der Waals surface area contributed by atoms with Crippen LogP contribution in [0.4, 0.5) is 5.69 Å². The van der Waals surface area contributed by atoms with Crippen molar-refractivity contribution < 1.29 is 19.1 Å². The standard InChI is InChI=1S/C21H23ClN2O4/c1-4-28-18-11-5-15(13-19(18)27-3)6-12-20(25)23-14(2)21(26)24-17-9-7-16(22)8-10-17/h5-14H,4H2,1-3H3,(H,23,25)(H,24,26)/b12-6+/t14-/m1/s1.